The summed E-state index contributed by atoms with van der Waals surface area (Å²) in [6.07, 6.45) is 4.66. The molecule has 0 amide bonds. The minimum absolute atomic E-state index is 0.0533. The number of ether oxygens (including phenoxy) is 1. The molecule has 0 bridgehead atoms. The van der Waals surface area contributed by atoms with Crippen LogP contribution in [0.25, 0.3) is 11.2 Å². The van der Waals surface area contributed by atoms with E-state index in [1.165, 1.54) is 0 Å². The quantitative estimate of drug-likeness (QED) is 0.802. The number of nitrogens with two attached hydrogens (primary N) is 1. The number of aromatic nitrogens is 4. The largest absolute Gasteiger partial charge is 0.382 e. The van der Waals surface area contributed by atoms with Gasteiger partial charge in [-0.15, -0.1) is 0 Å². The number of nitriles is 1. The number of hydrogen-bond donors (Lipinski definition) is 1. The van der Waals surface area contributed by atoms with Crippen molar-refractivity contribution >= 4 is 17.0 Å². The monoisotopic (exact) mass is 244 g/mol. The lowest BCUT2D eigenvalue weighted by molar-refractivity contribution is -0.0298. The molecule has 0 spiro atoms. The third-order valence-corrected chi connectivity index (χ3v) is 3.01. The summed E-state index contributed by atoms with van der Waals surface area (Å²) in [4.78, 5) is 12.2. The number of anilines is 1. The van der Waals surface area contributed by atoms with Crippen molar-refractivity contribution in [2.45, 2.75) is 25.5 Å². The molecule has 3 rings (SSSR count). The van der Waals surface area contributed by atoms with E-state index in [-0.39, 0.29) is 17.9 Å². The van der Waals surface area contributed by atoms with Gasteiger partial charge in [-0.3, -0.25) is 4.57 Å². The number of rotatable bonds is 1. The summed E-state index contributed by atoms with van der Waals surface area (Å²) in [5.41, 5.74) is 6.83. The molecule has 18 heavy (non-hydrogen) atoms. The van der Waals surface area contributed by atoms with Crippen molar-refractivity contribution in [3.05, 3.63) is 12.2 Å². The minimum atomic E-state index is -0.0791. The fourth-order valence-electron chi connectivity index (χ4n) is 2.14. The van der Waals surface area contributed by atoms with Crippen LogP contribution in [-0.2, 0) is 4.74 Å². The van der Waals surface area contributed by atoms with Crippen molar-refractivity contribution in [2.75, 3.05) is 12.3 Å². The third kappa shape index (κ3) is 1.67. The van der Waals surface area contributed by atoms with E-state index in [1.54, 1.807) is 6.33 Å². The lowest BCUT2D eigenvalue weighted by Crippen LogP contribution is -2.18. The zero-order valence-electron chi connectivity index (χ0n) is 9.70. The first-order chi connectivity index (χ1) is 8.79. The van der Waals surface area contributed by atoms with Gasteiger partial charge in [0.1, 0.15) is 17.8 Å². The highest BCUT2D eigenvalue weighted by molar-refractivity contribution is 5.81. The number of fused-ring (bicyclic) bond motifs is 1. The second-order valence-corrected chi connectivity index (χ2v) is 4.19. The molecule has 3 heterocycles. The van der Waals surface area contributed by atoms with Crippen LogP contribution < -0.4 is 5.73 Å². The number of nitrogens with zero attached hydrogens (tertiary/aromatic N) is 5. The fraction of sp³-hybridized carbons (Fsp3) is 0.455. The maximum absolute atomic E-state index is 8.87. The Hall–Kier alpha value is -2.20. The predicted octanol–water partition coefficient (Wildman–Crippen LogP) is 0.979. The van der Waals surface area contributed by atoms with Gasteiger partial charge in [0.2, 0.25) is 5.82 Å². The van der Waals surface area contributed by atoms with Crippen molar-refractivity contribution in [1.29, 1.82) is 5.26 Å². The summed E-state index contributed by atoms with van der Waals surface area (Å²) in [5, 5.41) is 8.87. The van der Waals surface area contributed by atoms with Gasteiger partial charge < -0.3 is 10.5 Å². The van der Waals surface area contributed by atoms with Crippen LogP contribution in [0.2, 0.25) is 0 Å². The van der Waals surface area contributed by atoms with Crippen molar-refractivity contribution in [2.24, 2.45) is 0 Å². The van der Waals surface area contributed by atoms with Gasteiger partial charge in [-0.2, -0.15) is 15.2 Å². The predicted molar refractivity (Wildman–Crippen MR) is 63.3 cm³/mol. The average molecular weight is 244 g/mol. The summed E-state index contributed by atoms with van der Waals surface area (Å²) >= 11 is 0. The summed E-state index contributed by atoms with van der Waals surface area (Å²) in [7, 11) is 0. The first-order valence-corrected chi connectivity index (χ1v) is 5.81. The molecular formula is C11H12N6O. The maximum atomic E-state index is 8.87. The molecule has 0 saturated carbocycles. The lowest BCUT2D eigenvalue weighted by Gasteiger charge is -2.23. The molecule has 2 aromatic rings. The first kappa shape index (κ1) is 10.9. The highest BCUT2D eigenvalue weighted by Gasteiger charge is 2.20. The Labute approximate surface area is 103 Å². The van der Waals surface area contributed by atoms with Crippen molar-refractivity contribution in [3.8, 4) is 6.07 Å². The van der Waals surface area contributed by atoms with Gasteiger partial charge in [-0.05, 0) is 19.3 Å². The minimum Gasteiger partial charge on any atom is -0.382 e. The fourth-order valence-corrected chi connectivity index (χ4v) is 2.14. The molecule has 2 aromatic heterocycles. The molecular weight excluding hydrogens is 232 g/mol. The van der Waals surface area contributed by atoms with E-state index in [9.17, 15) is 0 Å². The lowest BCUT2D eigenvalue weighted by atomic mass is 10.2. The second-order valence-electron chi connectivity index (χ2n) is 4.19. The number of imidazole rings is 1. The normalized spacial score (nSPS) is 19.8. The van der Waals surface area contributed by atoms with Crippen LogP contribution in [0.3, 0.4) is 0 Å². The van der Waals surface area contributed by atoms with Crippen molar-refractivity contribution < 1.29 is 4.74 Å². The van der Waals surface area contributed by atoms with Gasteiger partial charge in [-0.25, -0.2) is 4.98 Å². The smallest absolute Gasteiger partial charge is 0.236 e. The van der Waals surface area contributed by atoms with Crippen LogP contribution in [0, 0.1) is 11.3 Å². The van der Waals surface area contributed by atoms with E-state index < -0.39 is 0 Å². The Morgan fingerprint density at radius 3 is 3.06 bits per heavy atom. The van der Waals surface area contributed by atoms with Gasteiger partial charge in [-0.1, -0.05) is 0 Å². The van der Waals surface area contributed by atoms with Gasteiger partial charge in [0.05, 0.1) is 6.33 Å². The van der Waals surface area contributed by atoms with E-state index in [0.717, 1.165) is 25.9 Å². The molecule has 0 aliphatic carbocycles. The molecule has 1 unspecified atom stereocenters. The Kier molecular flexibility index (Phi) is 2.57. The molecule has 1 atom stereocenters. The zero-order valence-corrected chi connectivity index (χ0v) is 9.70. The molecule has 2 N–H and O–H groups in total. The van der Waals surface area contributed by atoms with Crippen LogP contribution in [-0.4, -0.2) is 26.1 Å². The molecule has 1 saturated heterocycles. The molecule has 7 nitrogen and oxygen atoms in total. The van der Waals surface area contributed by atoms with Crippen LogP contribution in [0.5, 0.6) is 0 Å². The van der Waals surface area contributed by atoms with Gasteiger partial charge in [0.15, 0.2) is 11.5 Å². The molecule has 0 aromatic carbocycles. The van der Waals surface area contributed by atoms with Gasteiger partial charge in [0.25, 0.3) is 0 Å². The summed E-state index contributed by atoms with van der Waals surface area (Å²) in [6, 6.07) is 1.90. The van der Waals surface area contributed by atoms with Crippen LogP contribution in [0.4, 0.5) is 5.82 Å². The van der Waals surface area contributed by atoms with E-state index >= 15 is 0 Å². The zero-order chi connectivity index (χ0) is 12.5. The summed E-state index contributed by atoms with van der Waals surface area (Å²) in [5.74, 6) is 0.281. The van der Waals surface area contributed by atoms with E-state index in [4.69, 9.17) is 15.7 Å². The first-order valence-electron chi connectivity index (χ1n) is 5.81. The highest BCUT2D eigenvalue weighted by atomic mass is 16.5. The van der Waals surface area contributed by atoms with Crippen molar-refractivity contribution in [1.82, 2.24) is 19.5 Å². The standard InChI is InChI=1S/C11H12N6O/c12-5-7-15-10(13)9-11(16-7)17(6-14-9)8-3-1-2-4-18-8/h6,8H,1-4H2,(H2,13,15,16). The van der Waals surface area contributed by atoms with Crippen LogP contribution in [0.1, 0.15) is 31.3 Å². The molecule has 1 aliphatic rings. The number of hydrogen-bond acceptors (Lipinski definition) is 6. The molecule has 1 fully saturated rings. The van der Waals surface area contributed by atoms with E-state index in [1.807, 2.05) is 10.6 Å². The Bertz CT molecular complexity index is 622. The summed E-state index contributed by atoms with van der Waals surface area (Å²) in [6.45, 7) is 0.732. The molecule has 7 heteroatoms. The average Bonchev–Trinajstić information content (AvgIpc) is 2.84. The van der Waals surface area contributed by atoms with Gasteiger partial charge >= 0.3 is 0 Å². The second kappa shape index (κ2) is 4.23. The van der Waals surface area contributed by atoms with E-state index in [2.05, 4.69) is 15.0 Å². The van der Waals surface area contributed by atoms with Crippen LogP contribution >= 0.6 is 0 Å². The topological polar surface area (TPSA) is 103 Å². The Balaban J connectivity index is 2.12. The molecule has 0 radical (unpaired) electrons. The highest BCUT2D eigenvalue weighted by Crippen LogP contribution is 2.26. The van der Waals surface area contributed by atoms with Gasteiger partial charge in [0, 0.05) is 6.61 Å². The molecule has 92 valence electrons. The van der Waals surface area contributed by atoms with E-state index in [0.29, 0.717) is 11.2 Å². The van der Waals surface area contributed by atoms with Crippen LogP contribution in [0.15, 0.2) is 6.33 Å². The summed E-state index contributed by atoms with van der Waals surface area (Å²) < 4.78 is 7.51. The third-order valence-electron chi connectivity index (χ3n) is 3.01. The molecule has 1 aliphatic heterocycles. The Morgan fingerprint density at radius 1 is 1.44 bits per heavy atom. The van der Waals surface area contributed by atoms with Crippen molar-refractivity contribution in [3.63, 3.8) is 0 Å². The number of nitrogen functional groups attached to an aromatic ring is 1. The SMILES string of the molecule is N#Cc1nc(N)c2ncn(C3CCCCO3)c2n1. The Morgan fingerprint density at radius 2 is 2.33 bits per heavy atom. The maximum Gasteiger partial charge on any atom is 0.236 e.